The minimum absolute atomic E-state index is 0.0971. The lowest BCUT2D eigenvalue weighted by atomic mass is 9.88. The van der Waals surface area contributed by atoms with Gasteiger partial charge in [0.2, 0.25) is 0 Å². The Morgan fingerprint density at radius 3 is 2.48 bits per heavy atom. The summed E-state index contributed by atoms with van der Waals surface area (Å²) in [5.74, 6) is 1.88. The van der Waals surface area contributed by atoms with E-state index in [4.69, 9.17) is 9.47 Å². The highest BCUT2D eigenvalue weighted by Gasteiger charge is 2.28. The minimum atomic E-state index is -0.0971. The molecule has 0 radical (unpaired) electrons. The zero-order valence-electron chi connectivity index (χ0n) is 15.0. The largest absolute Gasteiger partial charge is 0.493 e. The monoisotopic (exact) mass is 338 g/mol. The van der Waals surface area contributed by atoms with Gasteiger partial charge in [-0.15, -0.1) is 0 Å². The molecular weight excluding hydrogens is 312 g/mol. The second-order valence-corrected chi connectivity index (χ2v) is 6.79. The number of hydrogen-bond acceptors (Lipinski definition) is 3. The van der Waals surface area contributed by atoms with Crippen molar-refractivity contribution in [2.75, 3.05) is 7.11 Å². The van der Waals surface area contributed by atoms with E-state index in [1.54, 1.807) is 7.11 Å². The summed E-state index contributed by atoms with van der Waals surface area (Å²) in [6.45, 7) is 2.49. The summed E-state index contributed by atoms with van der Waals surface area (Å²) in [4.78, 5) is 12.7. The van der Waals surface area contributed by atoms with Gasteiger partial charge in [-0.2, -0.15) is 0 Å². The van der Waals surface area contributed by atoms with Crippen molar-refractivity contribution in [2.24, 2.45) is 5.92 Å². The van der Waals surface area contributed by atoms with E-state index < -0.39 is 0 Å². The van der Waals surface area contributed by atoms with E-state index in [0.717, 1.165) is 24.0 Å². The fourth-order valence-electron chi connectivity index (χ4n) is 3.54. The van der Waals surface area contributed by atoms with Crippen LogP contribution in [-0.4, -0.2) is 12.9 Å². The van der Waals surface area contributed by atoms with Crippen LogP contribution in [0.15, 0.2) is 48.5 Å². The summed E-state index contributed by atoms with van der Waals surface area (Å²) in [6, 6.07) is 15.9. The molecule has 0 N–H and O–H groups in total. The Hall–Kier alpha value is -2.29. The van der Waals surface area contributed by atoms with Crippen LogP contribution in [0.3, 0.4) is 0 Å². The number of hydrogen-bond donors (Lipinski definition) is 0. The highest BCUT2D eigenvalue weighted by molar-refractivity contribution is 5.87. The number of ketones is 1. The lowest BCUT2D eigenvalue weighted by Gasteiger charge is -2.18. The van der Waals surface area contributed by atoms with Crippen LogP contribution < -0.4 is 9.47 Å². The molecule has 1 fully saturated rings. The predicted octanol–water partition coefficient (Wildman–Crippen LogP) is 5.14. The standard InChI is InChI=1S/C22H26O3/c1-16(22(23)18-10-6-7-11-18)19-12-13-20(21(14-19)24-2)25-15-17-8-4-3-5-9-17/h3-5,8-9,12-14,16,18H,6-7,10-11,15H2,1-2H3. The molecule has 132 valence electrons. The van der Waals surface area contributed by atoms with Crippen LogP contribution in [0, 0.1) is 5.92 Å². The number of rotatable bonds is 7. The van der Waals surface area contributed by atoms with E-state index in [-0.39, 0.29) is 11.8 Å². The van der Waals surface area contributed by atoms with Crippen molar-refractivity contribution >= 4 is 5.78 Å². The third kappa shape index (κ3) is 4.22. The first kappa shape index (κ1) is 17.5. The Morgan fingerprint density at radius 1 is 1.08 bits per heavy atom. The van der Waals surface area contributed by atoms with Crippen molar-refractivity contribution in [1.82, 2.24) is 0 Å². The third-order valence-corrected chi connectivity index (χ3v) is 5.11. The lowest BCUT2D eigenvalue weighted by molar-refractivity contribution is -0.123. The summed E-state index contributed by atoms with van der Waals surface area (Å²) in [7, 11) is 1.64. The maximum absolute atomic E-state index is 12.7. The normalized spacial score (nSPS) is 15.8. The van der Waals surface area contributed by atoms with Crippen molar-refractivity contribution in [3.05, 3.63) is 59.7 Å². The molecule has 2 aromatic carbocycles. The van der Waals surface area contributed by atoms with Gasteiger partial charge in [-0.25, -0.2) is 0 Å². The van der Waals surface area contributed by atoms with E-state index in [1.165, 1.54) is 12.8 Å². The Bertz CT molecular complexity index is 702. The average molecular weight is 338 g/mol. The summed E-state index contributed by atoms with van der Waals surface area (Å²) in [5, 5.41) is 0. The molecule has 3 nitrogen and oxygen atoms in total. The van der Waals surface area contributed by atoms with Gasteiger partial charge in [-0.1, -0.05) is 56.2 Å². The molecule has 3 heteroatoms. The molecule has 0 heterocycles. The van der Waals surface area contributed by atoms with Gasteiger partial charge in [0.25, 0.3) is 0 Å². The Labute approximate surface area is 150 Å². The van der Waals surface area contributed by atoms with Crippen LogP contribution in [0.25, 0.3) is 0 Å². The van der Waals surface area contributed by atoms with Crippen molar-refractivity contribution < 1.29 is 14.3 Å². The molecule has 0 aromatic heterocycles. The summed E-state index contributed by atoms with van der Waals surface area (Å²) >= 11 is 0. The number of ether oxygens (including phenoxy) is 2. The molecule has 1 unspecified atom stereocenters. The molecule has 3 rings (SSSR count). The summed E-state index contributed by atoms with van der Waals surface area (Å²) < 4.78 is 11.4. The minimum Gasteiger partial charge on any atom is -0.493 e. The zero-order valence-corrected chi connectivity index (χ0v) is 15.0. The summed E-state index contributed by atoms with van der Waals surface area (Å²) in [6.07, 6.45) is 4.44. The van der Waals surface area contributed by atoms with Crippen molar-refractivity contribution in [3.8, 4) is 11.5 Å². The van der Waals surface area contributed by atoms with E-state index in [0.29, 0.717) is 23.9 Å². The molecule has 0 amide bonds. The number of carbonyl (C=O) groups excluding carboxylic acids is 1. The highest BCUT2D eigenvalue weighted by atomic mass is 16.5. The fourth-order valence-corrected chi connectivity index (χ4v) is 3.54. The van der Waals surface area contributed by atoms with Crippen LogP contribution in [0.2, 0.25) is 0 Å². The van der Waals surface area contributed by atoms with Gasteiger partial charge in [-0.05, 0) is 36.1 Å². The second kappa shape index (κ2) is 8.19. The first-order chi connectivity index (χ1) is 12.2. The molecule has 0 aliphatic heterocycles. The van der Waals surface area contributed by atoms with Crippen molar-refractivity contribution in [3.63, 3.8) is 0 Å². The third-order valence-electron chi connectivity index (χ3n) is 5.11. The van der Waals surface area contributed by atoms with Gasteiger partial charge in [-0.3, -0.25) is 4.79 Å². The lowest BCUT2D eigenvalue weighted by Crippen LogP contribution is -2.18. The van der Waals surface area contributed by atoms with E-state index in [9.17, 15) is 4.79 Å². The fraction of sp³-hybridized carbons (Fsp3) is 0.409. The number of carbonyl (C=O) groups is 1. The molecular formula is C22H26O3. The molecule has 25 heavy (non-hydrogen) atoms. The van der Waals surface area contributed by atoms with Crippen molar-refractivity contribution in [1.29, 1.82) is 0 Å². The van der Waals surface area contributed by atoms with Gasteiger partial charge in [0.05, 0.1) is 7.11 Å². The Kier molecular flexibility index (Phi) is 5.75. The quantitative estimate of drug-likeness (QED) is 0.701. The van der Waals surface area contributed by atoms with Gasteiger partial charge in [0, 0.05) is 11.8 Å². The van der Waals surface area contributed by atoms with Crippen LogP contribution in [0.4, 0.5) is 0 Å². The van der Waals surface area contributed by atoms with E-state index in [2.05, 4.69) is 0 Å². The molecule has 1 saturated carbocycles. The average Bonchev–Trinajstić information content (AvgIpc) is 3.20. The van der Waals surface area contributed by atoms with E-state index >= 15 is 0 Å². The van der Waals surface area contributed by atoms with Crippen LogP contribution in [-0.2, 0) is 11.4 Å². The van der Waals surface area contributed by atoms with Gasteiger partial charge in [0.15, 0.2) is 11.5 Å². The number of Topliss-reactive ketones (excluding diaryl/α,β-unsaturated/α-hetero) is 1. The van der Waals surface area contributed by atoms with Gasteiger partial charge >= 0.3 is 0 Å². The Morgan fingerprint density at radius 2 is 1.80 bits per heavy atom. The highest BCUT2D eigenvalue weighted by Crippen LogP contribution is 2.35. The van der Waals surface area contributed by atoms with E-state index in [1.807, 2.05) is 55.5 Å². The maximum Gasteiger partial charge on any atom is 0.161 e. The van der Waals surface area contributed by atoms with Gasteiger partial charge in [0.1, 0.15) is 12.4 Å². The van der Waals surface area contributed by atoms with Crippen molar-refractivity contribution in [2.45, 2.75) is 45.1 Å². The molecule has 0 spiro atoms. The molecule has 2 aromatic rings. The second-order valence-electron chi connectivity index (χ2n) is 6.79. The molecule has 1 aliphatic rings. The van der Waals surface area contributed by atoms with Crippen LogP contribution in [0.1, 0.15) is 49.7 Å². The summed E-state index contributed by atoms with van der Waals surface area (Å²) in [5.41, 5.74) is 2.11. The van der Waals surface area contributed by atoms with Crippen LogP contribution in [0.5, 0.6) is 11.5 Å². The van der Waals surface area contributed by atoms with Gasteiger partial charge < -0.3 is 9.47 Å². The molecule has 1 aliphatic carbocycles. The van der Waals surface area contributed by atoms with Crippen LogP contribution >= 0.6 is 0 Å². The Balaban J connectivity index is 1.71. The number of methoxy groups -OCH3 is 1. The molecule has 1 atom stereocenters. The predicted molar refractivity (Wildman–Crippen MR) is 99.1 cm³/mol. The first-order valence-electron chi connectivity index (χ1n) is 9.07. The molecule has 0 saturated heterocycles. The SMILES string of the molecule is COc1cc(C(C)C(=O)C2CCCC2)ccc1OCc1ccccc1. The maximum atomic E-state index is 12.7. The topological polar surface area (TPSA) is 35.5 Å². The zero-order chi connectivity index (χ0) is 17.6. The number of benzene rings is 2. The first-order valence-corrected chi connectivity index (χ1v) is 9.07. The smallest absolute Gasteiger partial charge is 0.161 e. The molecule has 0 bridgehead atoms.